The first-order valence-corrected chi connectivity index (χ1v) is 5.91. The Kier molecular flexibility index (Phi) is 3.38. The summed E-state index contributed by atoms with van der Waals surface area (Å²) in [5, 5.41) is 0.960. The van der Waals surface area contributed by atoms with E-state index in [1.165, 1.54) is 0 Å². The molecule has 88 valence electrons. The average molecular weight is 228 g/mol. The van der Waals surface area contributed by atoms with Gasteiger partial charge in [-0.05, 0) is 25.0 Å². The lowest BCUT2D eigenvalue weighted by molar-refractivity contribution is 0.0999. The number of nitrogens with two attached hydrogens (primary N) is 1. The molecule has 0 aliphatic heterocycles. The molecule has 2 rings (SSSR count). The van der Waals surface area contributed by atoms with Crippen molar-refractivity contribution in [2.24, 2.45) is 5.73 Å². The maximum Gasteiger partial charge on any atom is 0.250 e. The maximum absolute atomic E-state index is 11.4. The third-order valence-electron chi connectivity index (χ3n) is 2.84. The Morgan fingerprint density at radius 2 is 2.12 bits per heavy atom. The highest BCUT2D eigenvalue weighted by molar-refractivity contribution is 5.97. The van der Waals surface area contributed by atoms with Crippen molar-refractivity contribution < 1.29 is 4.79 Å². The average Bonchev–Trinajstić information content (AvgIpc) is 2.35. The van der Waals surface area contributed by atoms with Gasteiger partial charge < -0.3 is 5.73 Å². The number of primary amides is 1. The SMILES string of the molecule is CCCCc1nc2ccccc2cc1C(N)=O. The summed E-state index contributed by atoms with van der Waals surface area (Å²) >= 11 is 0. The van der Waals surface area contributed by atoms with E-state index in [1.54, 1.807) is 0 Å². The van der Waals surface area contributed by atoms with Crippen molar-refractivity contribution >= 4 is 16.8 Å². The van der Waals surface area contributed by atoms with Gasteiger partial charge in [-0.1, -0.05) is 31.5 Å². The van der Waals surface area contributed by atoms with Crippen LogP contribution in [0.2, 0.25) is 0 Å². The van der Waals surface area contributed by atoms with Crippen molar-refractivity contribution in [1.29, 1.82) is 0 Å². The van der Waals surface area contributed by atoms with E-state index < -0.39 is 5.91 Å². The molecule has 0 unspecified atom stereocenters. The molecule has 3 heteroatoms. The van der Waals surface area contributed by atoms with Crippen LogP contribution in [-0.4, -0.2) is 10.9 Å². The monoisotopic (exact) mass is 228 g/mol. The smallest absolute Gasteiger partial charge is 0.250 e. The molecule has 1 aromatic carbocycles. The van der Waals surface area contributed by atoms with Crippen molar-refractivity contribution in [1.82, 2.24) is 4.98 Å². The van der Waals surface area contributed by atoms with Gasteiger partial charge in [0.15, 0.2) is 0 Å². The first-order valence-electron chi connectivity index (χ1n) is 5.91. The molecule has 0 fully saturated rings. The Hall–Kier alpha value is -1.90. The van der Waals surface area contributed by atoms with Gasteiger partial charge in [-0.25, -0.2) is 0 Å². The van der Waals surface area contributed by atoms with E-state index >= 15 is 0 Å². The Balaban J connectivity index is 2.54. The topological polar surface area (TPSA) is 56.0 Å². The number of amides is 1. The van der Waals surface area contributed by atoms with E-state index in [2.05, 4.69) is 11.9 Å². The summed E-state index contributed by atoms with van der Waals surface area (Å²) in [4.78, 5) is 15.9. The summed E-state index contributed by atoms with van der Waals surface area (Å²) in [7, 11) is 0. The molecule has 2 aromatic rings. The summed E-state index contributed by atoms with van der Waals surface area (Å²) in [6, 6.07) is 9.62. The van der Waals surface area contributed by atoms with Crippen LogP contribution in [0.3, 0.4) is 0 Å². The highest BCUT2D eigenvalue weighted by Crippen LogP contribution is 2.18. The van der Waals surface area contributed by atoms with Crippen LogP contribution in [0.1, 0.15) is 35.8 Å². The maximum atomic E-state index is 11.4. The van der Waals surface area contributed by atoms with Crippen molar-refractivity contribution in [3.05, 3.63) is 41.6 Å². The third kappa shape index (κ3) is 2.44. The van der Waals surface area contributed by atoms with Crippen LogP contribution in [0.15, 0.2) is 30.3 Å². The number of aryl methyl sites for hydroxylation is 1. The molecule has 0 aliphatic rings. The number of hydrogen-bond donors (Lipinski definition) is 1. The number of benzene rings is 1. The number of rotatable bonds is 4. The minimum Gasteiger partial charge on any atom is -0.366 e. The Morgan fingerprint density at radius 3 is 2.82 bits per heavy atom. The van der Waals surface area contributed by atoms with E-state index in [1.807, 2.05) is 30.3 Å². The minimum atomic E-state index is -0.394. The Bertz CT molecular complexity index is 549. The second-order valence-corrected chi connectivity index (χ2v) is 4.14. The zero-order chi connectivity index (χ0) is 12.3. The number of para-hydroxylation sites is 1. The molecule has 0 saturated carbocycles. The molecule has 0 bridgehead atoms. The lowest BCUT2D eigenvalue weighted by Crippen LogP contribution is -2.15. The molecule has 17 heavy (non-hydrogen) atoms. The van der Waals surface area contributed by atoms with Gasteiger partial charge in [-0.3, -0.25) is 9.78 Å². The van der Waals surface area contributed by atoms with Gasteiger partial charge in [0, 0.05) is 5.39 Å². The molecular formula is C14H16N2O. The summed E-state index contributed by atoms with van der Waals surface area (Å²) in [5.41, 5.74) is 7.69. The largest absolute Gasteiger partial charge is 0.366 e. The van der Waals surface area contributed by atoms with Crippen LogP contribution < -0.4 is 5.73 Å². The zero-order valence-corrected chi connectivity index (χ0v) is 9.94. The Labute approximate surface area is 101 Å². The van der Waals surface area contributed by atoms with Crippen molar-refractivity contribution in [2.45, 2.75) is 26.2 Å². The molecule has 0 saturated heterocycles. The summed E-state index contributed by atoms with van der Waals surface area (Å²) in [6.07, 6.45) is 2.90. The molecule has 1 amide bonds. The summed E-state index contributed by atoms with van der Waals surface area (Å²) in [6.45, 7) is 2.12. The van der Waals surface area contributed by atoms with Gasteiger partial charge in [0.25, 0.3) is 5.91 Å². The molecular weight excluding hydrogens is 212 g/mol. The van der Waals surface area contributed by atoms with E-state index in [0.29, 0.717) is 5.56 Å². The van der Waals surface area contributed by atoms with Crippen LogP contribution in [-0.2, 0) is 6.42 Å². The number of hydrogen-bond acceptors (Lipinski definition) is 2. The molecule has 0 aliphatic carbocycles. The van der Waals surface area contributed by atoms with Crippen LogP contribution in [0.25, 0.3) is 10.9 Å². The summed E-state index contributed by atoms with van der Waals surface area (Å²) < 4.78 is 0. The number of fused-ring (bicyclic) bond motifs is 1. The van der Waals surface area contributed by atoms with Gasteiger partial charge in [-0.2, -0.15) is 0 Å². The van der Waals surface area contributed by atoms with E-state index in [9.17, 15) is 4.79 Å². The normalized spacial score (nSPS) is 10.6. The molecule has 1 aromatic heterocycles. The first-order chi connectivity index (χ1) is 8.22. The number of pyridine rings is 1. The van der Waals surface area contributed by atoms with Crippen molar-refractivity contribution in [2.75, 3.05) is 0 Å². The molecule has 2 N–H and O–H groups in total. The van der Waals surface area contributed by atoms with E-state index in [0.717, 1.165) is 35.9 Å². The lowest BCUT2D eigenvalue weighted by atomic mass is 10.0. The fraction of sp³-hybridized carbons (Fsp3) is 0.286. The van der Waals surface area contributed by atoms with Crippen molar-refractivity contribution in [3.63, 3.8) is 0 Å². The van der Waals surface area contributed by atoms with E-state index in [4.69, 9.17) is 5.73 Å². The lowest BCUT2D eigenvalue weighted by Gasteiger charge is -2.07. The quantitative estimate of drug-likeness (QED) is 0.874. The van der Waals surface area contributed by atoms with Gasteiger partial charge in [0.2, 0.25) is 0 Å². The molecule has 1 heterocycles. The molecule has 0 radical (unpaired) electrons. The highest BCUT2D eigenvalue weighted by atomic mass is 16.1. The van der Waals surface area contributed by atoms with Crippen LogP contribution in [0.4, 0.5) is 0 Å². The van der Waals surface area contributed by atoms with Crippen molar-refractivity contribution in [3.8, 4) is 0 Å². The van der Waals surface area contributed by atoms with Crippen LogP contribution in [0.5, 0.6) is 0 Å². The standard InChI is InChI=1S/C14H16N2O/c1-2-3-7-13-11(14(15)17)9-10-6-4-5-8-12(10)16-13/h4-6,8-9H,2-3,7H2,1H3,(H2,15,17). The number of carbonyl (C=O) groups is 1. The summed E-state index contributed by atoms with van der Waals surface area (Å²) in [5.74, 6) is -0.394. The molecule has 0 spiro atoms. The zero-order valence-electron chi connectivity index (χ0n) is 9.94. The van der Waals surface area contributed by atoms with Gasteiger partial charge in [0.1, 0.15) is 0 Å². The second kappa shape index (κ2) is 4.95. The second-order valence-electron chi connectivity index (χ2n) is 4.14. The predicted molar refractivity (Wildman–Crippen MR) is 68.9 cm³/mol. The van der Waals surface area contributed by atoms with Crippen LogP contribution in [0, 0.1) is 0 Å². The fourth-order valence-electron chi connectivity index (χ4n) is 1.90. The first kappa shape index (κ1) is 11.6. The number of carbonyl (C=O) groups excluding carboxylic acids is 1. The van der Waals surface area contributed by atoms with E-state index in [-0.39, 0.29) is 0 Å². The highest BCUT2D eigenvalue weighted by Gasteiger charge is 2.10. The fourth-order valence-corrected chi connectivity index (χ4v) is 1.90. The molecule has 0 atom stereocenters. The van der Waals surface area contributed by atoms with Gasteiger partial charge in [-0.15, -0.1) is 0 Å². The Morgan fingerprint density at radius 1 is 1.35 bits per heavy atom. The van der Waals surface area contributed by atoms with Gasteiger partial charge >= 0.3 is 0 Å². The predicted octanol–water partition coefficient (Wildman–Crippen LogP) is 2.68. The van der Waals surface area contributed by atoms with Gasteiger partial charge in [0.05, 0.1) is 16.8 Å². The number of nitrogens with zero attached hydrogens (tertiary/aromatic N) is 1. The number of unbranched alkanes of at least 4 members (excludes halogenated alkanes) is 1. The van der Waals surface area contributed by atoms with Crippen LogP contribution >= 0.6 is 0 Å². The minimum absolute atomic E-state index is 0.394. The third-order valence-corrected chi connectivity index (χ3v) is 2.84. The number of aromatic nitrogens is 1. The molecule has 3 nitrogen and oxygen atoms in total.